The first-order chi connectivity index (χ1) is 28.6. The molecule has 0 aliphatic carbocycles. The smallest absolute Gasteiger partial charge is 0.220 e. The maximum absolute atomic E-state index is 12.5. The SMILES string of the molecule is CCCCCCCCCCCCCCCCCCCCCCCCCCCCCCCCC(=O)NC(CO)C(O)C(O)CCCCCCCCCCCCCCCC. The van der Waals surface area contributed by atoms with Crippen LogP contribution in [0.25, 0.3) is 0 Å². The molecular weight excluding hydrogens is 715 g/mol. The molecule has 0 aromatic carbocycles. The predicted octanol–water partition coefficient (Wildman–Crippen LogP) is 16.2. The van der Waals surface area contributed by atoms with E-state index in [-0.39, 0.29) is 12.5 Å². The fraction of sp³-hybridized carbons (Fsp3) is 0.981. The van der Waals surface area contributed by atoms with Crippen LogP contribution in [0.1, 0.15) is 309 Å². The molecule has 0 spiro atoms. The molecule has 0 aromatic rings. The normalized spacial score (nSPS) is 13.3. The van der Waals surface area contributed by atoms with Gasteiger partial charge in [0, 0.05) is 6.42 Å². The van der Waals surface area contributed by atoms with Crippen LogP contribution in [-0.4, -0.2) is 46.1 Å². The van der Waals surface area contributed by atoms with Crippen molar-refractivity contribution in [1.82, 2.24) is 5.32 Å². The number of nitrogens with one attached hydrogen (secondary N) is 1. The van der Waals surface area contributed by atoms with Gasteiger partial charge in [0.05, 0.1) is 18.8 Å². The van der Waals surface area contributed by atoms with Gasteiger partial charge in [0.1, 0.15) is 6.10 Å². The number of amides is 1. The molecule has 0 aromatic heterocycles. The number of carbonyl (C=O) groups is 1. The average molecular weight is 822 g/mol. The molecule has 0 radical (unpaired) electrons. The van der Waals surface area contributed by atoms with E-state index in [1.807, 2.05) is 0 Å². The molecule has 0 saturated carbocycles. The molecule has 1 amide bonds. The Balaban J connectivity index is 3.45. The van der Waals surface area contributed by atoms with E-state index in [4.69, 9.17) is 0 Å². The number of carbonyl (C=O) groups excluding carboxylic acids is 1. The fourth-order valence-electron chi connectivity index (χ4n) is 8.81. The van der Waals surface area contributed by atoms with Crippen molar-refractivity contribution in [3.05, 3.63) is 0 Å². The van der Waals surface area contributed by atoms with Crippen molar-refractivity contribution in [3.63, 3.8) is 0 Å². The first-order valence-electron chi connectivity index (χ1n) is 26.8. The molecule has 5 nitrogen and oxygen atoms in total. The fourth-order valence-corrected chi connectivity index (χ4v) is 8.81. The quantitative estimate of drug-likeness (QED) is 0.0460. The van der Waals surface area contributed by atoms with Gasteiger partial charge in [0.15, 0.2) is 0 Å². The largest absolute Gasteiger partial charge is 0.394 e. The highest BCUT2D eigenvalue weighted by Crippen LogP contribution is 2.18. The van der Waals surface area contributed by atoms with E-state index in [1.54, 1.807) is 0 Å². The maximum Gasteiger partial charge on any atom is 0.220 e. The van der Waals surface area contributed by atoms with E-state index in [0.717, 1.165) is 32.1 Å². The summed E-state index contributed by atoms with van der Waals surface area (Å²) in [6, 6.07) is -0.803. The average Bonchev–Trinajstić information content (AvgIpc) is 3.23. The van der Waals surface area contributed by atoms with Crippen LogP contribution in [-0.2, 0) is 4.79 Å². The molecule has 348 valence electrons. The van der Waals surface area contributed by atoms with Crippen LogP contribution in [0.15, 0.2) is 0 Å². The lowest BCUT2D eigenvalue weighted by Crippen LogP contribution is -2.50. The molecule has 58 heavy (non-hydrogen) atoms. The second-order valence-corrected chi connectivity index (χ2v) is 18.8. The Morgan fingerprint density at radius 3 is 0.828 bits per heavy atom. The summed E-state index contributed by atoms with van der Waals surface area (Å²) in [7, 11) is 0. The van der Waals surface area contributed by atoms with Crippen LogP contribution in [0, 0.1) is 0 Å². The highest BCUT2D eigenvalue weighted by molar-refractivity contribution is 5.76. The molecule has 0 saturated heterocycles. The van der Waals surface area contributed by atoms with Crippen molar-refractivity contribution >= 4 is 5.91 Å². The van der Waals surface area contributed by atoms with E-state index < -0.39 is 18.2 Å². The highest BCUT2D eigenvalue weighted by Gasteiger charge is 2.26. The van der Waals surface area contributed by atoms with Crippen LogP contribution in [0.3, 0.4) is 0 Å². The van der Waals surface area contributed by atoms with E-state index >= 15 is 0 Å². The zero-order valence-electron chi connectivity index (χ0n) is 39.7. The summed E-state index contributed by atoms with van der Waals surface area (Å²) >= 11 is 0. The van der Waals surface area contributed by atoms with Crippen LogP contribution in [0.4, 0.5) is 0 Å². The summed E-state index contributed by atoms with van der Waals surface area (Å²) in [4.78, 5) is 12.5. The van der Waals surface area contributed by atoms with Gasteiger partial charge in [-0.25, -0.2) is 0 Å². The maximum atomic E-state index is 12.5. The molecule has 0 aliphatic heterocycles. The number of hydrogen-bond acceptors (Lipinski definition) is 4. The lowest BCUT2D eigenvalue weighted by molar-refractivity contribution is -0.124. The van der Waals surface area contributed by atoms with Gasteiger partial charge < -0.3 is 20.6 Å². The zero-order valence-corrected chi connectivity index (χ0v) is 39.7. The Morgan fingerprint density at radius 1 is 0.362 bits per heavy atom. The summed E-state index contributed by atoms with van der Waals surface area (Å²) < 4.78 is 0. The van der Waals surface area contributed by atoms with E-state index in [0.29, 0.717) is 12.8 Å². The first-order valence-corrected chi connectivity index (χ1v) is 26.8. The minimum atomic E-state index is -1.13. The third-order valence-electron chi connectivity index (χ3n) is 13.0. The Labute approximate surface area is 364 Å². The van der Waals surface area contributed by atoms with Gasteiger partial charge in [-0.2, -0.15) is 0 Å². The predicted molar refractivity (Wildman–Crippen MR) is 255 cm³/mol. The van der Waals surface area contributed by atoms with Gasteiger partial charge in [-0.3, -0.25) is 4.79 Å². The van der Waals surface area contributed by atoms with Crippen molar-refractivity contribution in [3.8, 4) is 0 Å². The zero-order chi connectivity index (χ0) is 42.3. The monoisotopic (exact) mass is 822 g/mol. The van der Waals surface area contributed by atoms with Crippen molar-refractivity contribution in [1.29, 1.82) is 0 Å². The number of hydrogen-bond donors (Lipinski definition) is 4. The lowest BCUT2D eigenvalue weighted by atomic mass is 9.99. The number of rotatable bonds is 50. The van der Waals surface area contributed by atoms with Gasteiger partial charge in [-0.05, 0) is 12.8 Å². The summed E-state index contributed by atoms with van der Waals surface area (Å²) in [6.07, 6.45) is 58.3. The minimum absolute atomic E-state index is 0.137. The van der Waals surface area contributed by atoms with Crippen molar-refractivity contribution in [2.45, 2.75) is 327 Å². The molecule has 0 heterocycles. The van der Waals surface area contributed by atoms with Gasteiger partial charge in [-0.15, -0.1) is 0 Å². The Morgan fingerprint density at radius 2 is 0.586 bits per heavy atom. The lowest BCUT2D eigenvalue weighted by Gasteiger charge is -2.26. The third-order valence-corrected chi connectivity index (χ3v) is 13.0. The summed E-state index contributed by atoms with van der Waals surface area (Å²) in [5, 5.41) is 33.7. The topological polar surface area (TPSA) is 89.8 Å². The van der Waals surface area contributed by atoms with Crippen LogP contribution >= 0.6 is 0 Å². The molecule has 3 unspecified atom stereocenters. The van der Waals surface area contributed by atoms with Crippen LogP contribution in [0.5, 0.6) is 0 Å². The van der Waals surface area contributed by atoms with Crippen molar-refractivity contribution < 1.29 is 20.1 Å². The summed E-state index contributed by atoms with van der Waals surface area (Å²) in [6.45, 7) is 4.21. The molecule has 4 N–H and O–H groups in total. The second kappa shape index (κ2) is 49.0. The van der Waals surface area contributed by atoms with Gasteiger partial charge in [0.2, 0.25) is 5.91 Å². The van der Waals surface area contributed by atoms with Gasteiger partial charge >= 0.3 is 0 Å². The molecule has 3 atom stereocenters. The van der Waals surface area contributed by atoms with E-state index in [2.05, 4.69) is 19.2 Å². The Bertz CT molecular complexity index is 777. The van der Waals surface area contributed by atoms with E-state index in [9.17, 15) is 20.1 Å². The number of aliphatic hydroxyl groups is 3. The minimum Gasteiger partial charge on any atom is -0.394 e. The number of unbranched alkanes of at least 4 members (excludes halogenated alkanes) is 42. The van der Waals surface area contributed by atoms with E-state index in [1.165, 1.54) is 250 Å². The molecule has 0 aliphatic rings. The Hall–Kier alpha value is -0.650. The molecule has 5 heteroatoms. The Kier molecular flexibility index (Phi) is 48.5. The first kappa shape index (κ1) is 57.3. The molecular formula is C53H107NO4. The second-order valence-electron chi connectivity index (χ2n) is 18.8. The van der Waals surface area contributed by atoms with Gasteiger partial charge in [-0.1, -0.05) is 290 Å². The standard InChI is InChI=1S/C53H107NO4/c1-3-5-7-9-11-13-15-17-19-20-21-22-23-24-25-26-27-28-29-30-31-32-33-34-36-38-40-42-44-46-48-52(57)54-50(49-55)53(58)51(56)47-45-43-41-39-37-35-18-16-14-12-10-8-6-4-2/h50-51,53,55-56,58H,3-49H2,1-2H3,(H,54,57). The van der Waals surface area contributed by atoms with Crippen LogP contribution < -0.4 is 5.32 Å². The molecule has 0 bridgehead atoms. The highest BCUT2D eigenvalue weighted by atomic mass is 16.3. The van der Waals surface area contributed by atoms with Crippen molar-refractivity contribution in [2.75, 3.05) is 6.61 Å². The molecule has 0 fully saturated rings. The summed E-state index contributed by atoms with van der Waals surface area (Å²) in [5.74, 6) is -0.137. The molecule has 0 rings (SSSR count). The number of aliphatic hydroxyl groups excluding tert-OH is 3. The summed E-state index contributed by atoms with van der Waals surface area (Å²) in [5.41, 5.74) is 0. The van der Waals surface area contributed by atoms with Crippen molar-refractivity contribution in [2.24, 2.45) is 0 Å². The van der Waals surface area contributed by atoms with Gasteiger partial charge in [0.25, 0.3) is 0 Å². The van der Waals surface area contributed by atoms with Crippen LogP contribution in [0.2, 0.25) is 0 Å². The third kappa shape index (κ3) is 43.4.